The molecule has 100 valence electrons. The maximum absolute atomic E-state index is 5.75. The number of nitrogens with zero attached hydrogens (tertiary/aromatic N) is 4. The molecule has 1 aromatic carbocycles. The minimum absolute atomic E-state index is 0.000554. The van der Waals surface area contributed by atoms with Crippen LogP contribution in [-0.4, -0.2) is 27.0 Å². The lowest BCUT2D eigenvalue weighted by molar-refractivity contribution is 0.359. The van der Waals surface area contributed by atoms with Gasteiger partial charge in [0, 0.05) is 5.39 Å². The van der Waals surface area contributed by atoms with Crippen LogP contribution in [0, 0.1) is 0 Å². The quantitative estimate of drug-likeness (QED) is 0.738. The van der Waals surface area contributed by atoms with Crippen molar-refractivity contribution >= 4 is 22.5 Å². The molecule has 20 heavy (non-hydrogen) atoms. The van der Waals surface area contributed by atoms with Gasteiger partial charge >= 0.3 is 12.0 Å². The van der Waals surface area contributed by atoms with Gasteiger partial charge in [-0.25, -0.2) is 0 Å². The molecule has 2 aromatic heterocycles. The summed E-state index contributed by atoms with van der Waals surface area (Å²) in [5.41, 5.74) is 0.881. The highest BCUT2D eigenvalue weighted by atomic mass is 35.5. The summed E-state index contributed by atoms with van der Waals surface area (Å²) in [7, 11) is 1.44. The number of fused-ring (bicyclic) bond motifs is 1. The molecule has 3 rings (SSSR count). The van der Waals surface area contributed by atoms with Crippen molar-refractivity contribution in [1.29, 1.82) is 0 Å². The van der Waals surface area contributed by atoms with Crippen molar-refractivity contribution in [2.75, 3.05) is 7.11 Å². The average molecular weight is 289 g/mol. The van der Waals surface area contributed by atoms with Crippen molar-refractivity contribution in [3.8, 4) is 17.8 Å². The summed E-state index contributed by atoms with van der Waals surface area (Å²) in [5.74, 6) is 0.507. The number of aromatic nitrogens is 4. The first-order chi connectivity index (χ1) is 9.74. The zero-order valence-electron chi connectivity index (χ0n) is 10.4. The average Bonchev–Trinajstić information content (AvgIpc) is 2.46. The molecule has 0 unspecified atom stereocenters. The highest BCUT2D eigenvalue weighted by Crippen LogP contribution is 2.23. The van der Waals surface area contributed by atoms with E-state index >= 15 is 0 Å². The van der Waals surface area contributed by atoms with Crippen LogP contribution in [0.2, 0.25) is 5.28 Å². The highest BCUT2D eigenvalue weighted by Gasteiger charge is 2.08. The number of hydrogen-bond acceptors (Lipinski definition) is 6. The molecule has 0 aliphatic heterocycles. The van der Waals surface area contributed by atoms with Gasteiger partial charge in [-0.1, -0.05) is 18.2 Å². The van der Waals surface area contributed by atoms with Crippen LogP contribution in [0.5, 0.6) is 17.8 Å². The Kier molecular flexibility index (Phi) is 3.30. The molecule has 0 aliphatic carbocycles. The number of ether oxygens (including phenoxy) is 2. The second-order valence-corrected chi connectivity index (χ2v) is 4.18. The molecule has 0 atom stereocenters. The molecule has 6 nitrogen and oxygen atoms in total. The molecule has 0 spiro atoms. The first-order valence-corrected chi connectivity index (χ1v) is 6.10. The van der Waals surface area contributed by atoms with Crippen molar-refractivity contribution < 1.29 is 9.47 Å². The van der Waals surface area contributed by atoms with E-state index in [2.05, 4.69) is 19.9 Å². The third kappa shape index (κ3) is 2.60. The van der Waals surface area contributed by atoms with Crippen LogP contribution in [0.1, 0.15) is 0 Å². The number of rotatable bonds is 3. The molecule has 0 saturated carbocycles. The Morgan fingerprint density at radius 1 is 1.05 bits per heavy atom. The Bertz CT molecular complexity index is 766. The molecule has 7 heteroatoms. The lowest BCUT2D eigenvalue weighted by atomic mass is 10.2. The van der Waals surface area contributed by atoms with Crippen molar-refractivity contribution in [3.05, 3.63) is 41.8 Å². The number of methoxy groups -OCH3 is 1. The molecule has 0 N–H and O–H groups in total. The largest absolute Gasteiger partial charge is 0.467 e. The molecular weight excluding hydrogens is 280 g/mol. The van der Waals surface area contributed by atoms with Gasteiger partial charge in [-0.2, -0.15) is 9.97 Å². The van der Waals surface area contributed by atoms with Gasteiger partial charge in [-0.15, -0.1) is 4.98 Å². The van der Waals surface area contributed by atoms with E-state index in [1.165, 1.54) is 7.11 Å². The van der Waals surface area contributed by atoms with Crippen LogP contribution in [0.3, 0.4) is 0 Å². The minimum Gasteiger partial charge on any atom is -0.467 e. The van der Waals surface area contributed by atoms with Crippen LogP contribution >= 0.6 is 11.6 Å². The summed E-state index contributed by atoms with van der Waals surface area (Å²) in [4.78, 5) is 15.9. The number of halogens is 1. The van der Waals surface area contributed by atoms with Gasteiger partial charge in [0.2, 0.25) is 5.28 Å². The van der Waals surface area contributed by atoms with Crippen molar-refractivity contribution in [3.63, 3.8) is 0 Å². The van der Waals surface area contributed by atoms with E-state index in [1.807, 2.05) is 30.3 Å². The van der Waals surface area contributed by atoms with Gasteiger partial charge in [-0.05, 0) is 23.7 Å². The highest BCUT2D eigenvalue weighted by molar-refractivity contribution is 6.28. The van der Waals surface area contributed by atoms with E-state index < -0.39 is 0 Å². The molecule has 0 saturated heterocycles. The molecule has 0 amide bonds. The van der Waals surface area contributed by atoms with Gasteiger partial charge < -0.3 is 9.47 Å². The second-order valence-electron chi connectivity index (χ2n) is 3.84. The van der Waals surface area contributed by atoms with Gasteiger partial charge in [0.1, 0.15) is 5.75 Å². The zero-order chi connectivity index (χ0) is 13.9. The minimum atomic E-state index is 0.000554. The van der Waals surface area contributed by atoms with Gasteiger partial charge in [0.25, 0.3) is 0 Å². The number of para-hydroxylation sites is 1. The molecule has 0 radical (unpaired) electrons. The van der Waals surface area contributed by atoms with E-state index in [-0.39, 0.29) is 17.3 Å². The summed E-state index contributed by atoms with van der Waals surface area (Å²) in [5, 5.41) is 0.956. The monoisotopic (exact) mass is 288 g/mol. The number of pyridine rings is 1. The Morgan fingerprint density at radius 2 is 1.85 bits per heavy atom. The summed E-state index contributed by atoms with van der Waals surface area (Å²) >= 11 is 5.75. The van der Waals surface area contributed by atoms with E-state index in [9.17, 15) is 0 Å². The SMILES string of the molecule is COc1nc(Cl)nc(Oc2cnc3ccccc3c2)n1. The van der Waals surface area contributed by atoms with Crippen LogP contribution in [-0.2, 0) is 0 Å². The number of benzene rings is 1. The molecule has 3 aromatic rings. The van der Waals surface area contributed by atoms with E-state index in [0.717, 1.165) is 10.9 Å². The predicted octanol–water partition coefficient (Wildman–Crippen LogP) is 2.87. The fourth-order valence-electron chi connectivity index (χ4n) is 1.66. The molecule has 0 aliphatic rings. The van der Waals surface area contributed by atoms with Crippen LogP contribution in [0.4, 0.5) is 0 Å². The van der Waals surface area contributed by atoms with Crippen molar-refractivity contribution in [1.82, 2.24) is 19.9 Å². The lowest BCUT2D eigenvalue weighted by Crippen LogP contribution is -1.98. The van der Waals surface area contributed by atoms with Crippen LogP contribution in [0.25, 0.3) is 10.9 Å². The Hall–Kier alpha value is -2.47. The fraction of sp³-hybridized carbons (Fsp3) is 0.0769. The maximum atomic E-state index is 5.75. The fourth-order valence-corrected chi connectivity index (χ4v) is 1.81. The summed E-state index contributed by atoms with van der Waals surface area (Å²) in [6.45, 7) is 0. The Labute approximate surface area is 119 Å². The Morgan fingerprint density at radius 3 is 2.70 bits per heavy atom. The number of hydrogen-bond donors (Lipinski definition) is 0. The van der Waals surface area contributed by atoms with Crippen molar-refractivity contribution in [2.24, 2.45) is 0 Å². The maximum Gasteiger partial charge on any atom is 0.329 e. The Balaban J connectivity index is 1.94. The van der Waals surface area contributed by atoms with E-state index in [0.29, 0.717) is 5.75 Å². The first kappa shape index (κ1) is 12.6. The van der Waals surface area contributed by atoms with Crippen molar-refractivity contribution in [2.45, 2.75) is 0 Å². The smallest absolute Gasteiger partial charge is 0.329 e. The van der Waals surface area contributed by atoms with Crippen LogP contribution in [0.15, 0.2) is 36.5 Å². The third-order valence-corrected chi connectivity index (χ3v) is 2.69. The van der Waals surface area contributed by atoms with E-state index in [4.69, 9.17) is 21.1 Å². The summed E-state index contributed by atoms with van der Waals surface area (Å²) in [6, 6.07) is 9.70. The van der Waals surface area contributed by atoms with E-state index in [1.54, 1.807) is 6.20 Å². The molecule has 0 fully saturated rings. The third-order valence-electron chi connectivity index (χ3n) is 2.52. The van der Waals surface area contributed by atoms with Crippen LogP contribution < -0.4 is 9.47 Å². The van der Waals surface area contributed by atoms with Gasteiger partial charge in [0.05, 0.1) is 18.8 Å². The second kappa shape index (κ2) is 5.26. The molecule has 2 heterocycles. The molecular formula is C13H9ClN4O2. The zero-order valence-corrected chi connectivity index (χ0v) is 11.2. The van der Waals surface area contributed by atoms with Gasteiger partial charge in [-0.3, -0.25) is 4.98 Å². The predicted molar refractivity (Wildman–Crippen MR) is 73.2 cm³/mol. The topological polar surface area (TPSA) is 70.0 Å². The summed E-state index contributed by atoms with van der Waals surface area (Å²) in [6.07, 6.45) is 1.59. The molecule has 0 bridgehead atoms. The summed E-state index contributed by atoms with van der Waals surface area (Å²) < 4.78 is 10.4. The first-order valence-electron chi connectivity index (χ1n) is 5.73. The standard InChI is InChI=1S/C13H9ClN4O2/c1-19-12-16-11(14)17-13(18-12)20-9-6-8-4-2-3-5-10(8)15-7-9/h2-7H,1H3. The lowest BCUT2D eigenvalue weighted by Gasteiger charge is -2.05. The van der Waals surface area contributed by atoms with Gasteiger partial charge in [0.15, 0.2) is 0 Å². The normalized spacial score (nSPS) is 10.5.